The molecular formula is C18H22FN3O3S. The van der Waals surface area contributed by atoms with Gasteiger partial charge >= 0.3 is 0 Å². The molecule has 0 amide bonds. The number of hydrogen-bond acceptors (Lipinski definition) is 4. The summed E-state index contributed by atoms with van der Waals surface area (Å²) in [4.78, 5) is 4.52. The van der Waals surface area contributed by atoms with Crippen molar-refractivity contribution in [3.05, 3.63) is 54.0 Å². The molecule has 0 bridgehead atoms. The molecule has 0 unspecified atom stereocenters. The van der Waals surface area contributed by atoms with Crippen LogP contribution in [0, 0.1) is 5.82 Å². The molecule has 0 spiro atoms. The third-order valence-electron chi connectivity index (χ3n) is 4.42. The van der Waals surface area contributed by atoms with E-state index in [0.717, 1.165) is 5.69 Å². The second-order valence-electron chi connectivity index (χ2n) is 6.42. The quantitative estimate of drug-likeness (QED) is 0.801. The van der Waals surface area contributed by atoms with E-state index in [-0.39, 0.29) is 11.7 Å². The molecule has 0 saturated carbocycles. The first-order valence-electron chi connectivity index (χ1n) is 8.44. The van der Waals surface area contributed by atoms with Crippen LogP contribution in [0.3, 0.4) is 0 Å². The monoisotopic (exact) mass is 379 g/mol. The molecule has 1 fully saturated rings. The zero-order valence-electron chi connectivity index (χ0n) is 14.8. The predicted octanol–water partition coefficient (Wildman–Crippen LogP) is 3.00. The molecule has 2 heterocycles. The van der Waals surface area contributed by atoms with Crippen molar-refractivity contribution in [1.82, 2.24) is 13.6 Å². The second-order valence-corrected chi connectivity index (χ2v) is 8.57. The minimum atomic E-state index is -3.37. The van der Waals surface area contributed by atoms with Gasteiger partial charge in [-0.1, -0.05) is 12.1 Å². The average molecular weight is 379 g/mol. The lowest BCUT2D eigenvalue weighted by Crippen LogP contribution is -2.44. The Balaban J connectivity index is 1.68. The Morgan fingerprint density at radius 2 is 1.85 bits per heavy atom. The average Bonchev–Trinajstić information content (AvgIpc) is 2.62. The molecule has 1 aliphatic rings. The molecule has 8 heteroatoms. The van der Waals surface area contributed by atoms with Crippen molar-refractivity contribution in [1.29, 1.82) is 0 Å². The largest absolute Gasteiger partial charge is 0.439 e. The summed E-state index contributed by atoms with van der Waals surface area (Å²) in [7, 11) is -0.297. The fraction of sp³-hybridized carbons (Fsp3) is 0.389. The molecule has 0 aliphatic carbocycles. The predicted molar refractivity (Wildman–Crippen MR) is 96.9 cm³/mol. The van der Waals surface area contributed by atoms with Gasteiger partial charge in [0.25, 0.3) is 10.2 Å². The van der Waals surface area contributed by atoms with Gasteiger partial charge in [0.05, 0.1) is 0 Å². The van der Waals surface area contributed by atoms with E-state index in [1.807, 2.05) is 12.1 Å². The van der Waals surface area contributed by atoms with E-state index in [4.69, 9.17) is 4.74 Å². The molecule has 2 aromatic rings. The number of ether oxygens (including phenoxy) is 1. The van der Waals surface area contributed by atoms with E-state index in [9.17, 15) is 12.8 Å². The molecule has 1 aromatic carbocycles. The van der Waals surface area contributed by atoms with Crippen LogP contribution < -0.4 is 4.74 Å². The molecule has 0 atom stereocenters. The molecule has 0 radical (unpaired) electrons. The molecule has 1 aliphatic heterocycles. The molecule has 26 heavy (non-hydrogen) atoms. The van der Waals surface area contributed by atoms with Crippen molar-refractivity contribution in [2.45, 2.75) is 18.8 Å². The maximum atomic E-state index is 13.3. The van der Waals surface area contributed by atoms with Crippen LogP contribution in [0.2, 0.25) is 0 Å². The zero-order chi connectivity index (χ0) is 18.7. The van der Waals surface area contributed by atoms with Gasteiger partial charge in [0.15, 0.2) is 0 Å². The summed E-state index contributed by atoms with van der Waals surface area (Å²) in [5.74, 6) is 0.589. The highest BCUT2D eigenvalue weighted by Crippen LogP contribution is 2.30. The normalized spacial score (nSPS) is 16.8. The standard InChI is InChI=1S/C18H22FN3O3S/c1-21(2)26(23,24)22-11-9-14(10-12-22)17-7-4-8-18(20-17)25-16-6-3-5-15(19)13-16/h3-8,13-14H,9-12H2,1-2H3. The topological polar surface area (TPSA) is 62.7 Å². The SMILES string of the molecule is CN(C)S(=O)(=O)N1CCC(c2cccc(Oc3cccc(F)c3)n2)CC1. The lowest BCUT2D eigenvalue weighted by molar-refractivity contribution is 0.299. The van der Waals surface area contributed by atoms with Gasteiger partial charge in [-0.3, -0.25) is 0 Å². The highest BCUT2D eigenvalue weighted by Gasteiger charge is 2.30. The fourth-order valence-electron chi connectivity index (χ4n) is 2.98. The number of halogens is 1. The van der Waals surface area contributed by atoms with Crippen LogP contribution in [0.5, 0.6) is 11.6 Å². The van der Waals surface area contributed by atoms with Gasteiger partial charge in [-0.15, -0.1) is 0 Å². The lowest BCUT2D eigenvalue weighted by atomic mass is 9.94. The van der Waals surface area contributed by atoms with Crippen molar-refractivity contribution in [3.63, 3.8) is 0 Å². The van der Waals surface area contributed by atoms with Gasteiger partial charge in [0, 0.05) is 50.9 Å². The smallest absolute Gasteiger partial charge is 0.281 e. The maximum Gasteiger partial charge on any atom is 0.281 e. The minimum absolute atomic E-state index is 0.166. The molecule has 1 aromatic heterocycles. The van der Waals surface area contributed by atoms with E-state index in [1.54, 1.807) is 18.2 Å². The molecular weight excluding hydrogens is 357 g/mol. The van der Waals surface area contributed by atoms with E-state index in [1.165, 1.54) is 34.8 Å². The Kier molecular flexibility index (Phi) is 5.55. The van der Waals surface area contributed by atoms with Gasteiger partial charge in [0.1, 0.15) is 11.6 Å². The Labute approximate surface area is 153 Å². The summed E-state index contributed by atoms with van der Waals surface area (Å²) in [6, 6.07) is 11.4. The second kappa shape index (κ2) is 7.69. The molecule has 3 rings (SSSR count). The van der Waals surface area contributed by atoms with E-state index in [0.29, 0.717) is 37.6 Å². The number of rotatable bonds is 5. The van der Waals surface area contributed by atoms with Crippen molar-refractivity contribution in [3.8, 4) is 11.6 Å². The highest BCUT2D eigenvalue weighted by molar-refractivity contribution is 7.86. The summed E-state index contributed by atoms with van der Waals surface area (Å²) < 4.78 is 46.0. The number of benzene rings is 1. The lowest BCUT2D eigenvalue weighted by Gasteiger charge is -2.32. The third kappa shape index (κ3) is 4.20. The third-order valence-corrected chi connectivity index (χ3v) is 6.36. The number of aromatic nitrogens is 1. The Morgan fingerprint density at radius 3 is 2.50 bits per heavy atom. The Bertz CT molecular complexity index is 865. The van der Waals surface area contributed by atoms with Crippen molar-refractivity contribution < 1.29 is 17.5 Å². The highest BCUT2D eigenvalue weighted by atomic mass is 32.2. The van der Waals surface area contributed by atoms with Crippen molar-refractivity contribution in [2.24, 2.45) is 0 Å². The zero-order valence-corrected chi connectivity index (χ0v) is 15.6. The van der Waals surface area contributed by atoms with Gasteiger partial charge in [0.2, 0.25) is 5.88 Å². The van der Waals surface area contributed by atoms with Gasteiger partial charge in [-0.25, -0.2) is 9.37 Å². The summed E-state index contributed by atoms with van der Waals surface area (Å²) in [5, 5.41) is 0. The van der Waals surface area contributed by atoms with Crippen LogP contribution in [0.25, 0.3) is 0 Å². The summed E-state index contributed by atoms with van der Waals surface area (Å²) in [6.45, 7) is 0.920. The van der Waals surface area contributed by atoms with Crippen LogP contribution >= 0.6 is 0 Å². The first-order chi connectivity index (χ1) is 12.4. The molecule has 6 nitrogen and oxygen atoms in total. The van der Waals surface area contributed by atoms with Crippen molar-refractivity contribution in [2.75, 3.05) is 27.2 Å². The summed E-state index contributed by atoms with van der Waals surface area (Å²) >= 11 is 0. The van der Waals surface area contributed by atoms with Crippen LogP contribution in [-0.2, 0) is 10.2 Å². The number of hydrogen-bond donors (Lipinski definition) is 0. The number of piperidine rings is 1. The molecule has 0 N–H and O–H groups in total. The van der Waals surface area contributed by atoms with Crippen LogP contribution in [0.15, 0.2) is 42.5 Å². The Hall–Kier alpha value is -2.03. The Morgan fingerprint density at radius 1 is 1.15 bits per heavy atom. The first kappa shape index (κ1) is 18.8. The van der Waals surface area contributed by atoms with E-state index >= 15 is 0 Å². The van der Waals surface area contributed by atoms with Gasteiger partial charge < -0.3 is 4.74 Å². The molecule has 140 valence electrons. The van der Waals surface area contributed by atoms with Crippen LogP contribution in [-0.4, -0.2) is 49.2 Å². The first-order valence-corrected chi connectivity index (χ1v) is 9.84. The van der Waals surface area contributed by atoms with Gasteiger partial charge in [-0.05, 0) is 31.0 Å². The molecule has 1 saturated heterocycles. The van der Waals surface area contributed by atoms with E-state index < -0.39 is 10.2 Å². The summed E-state index contributed by atoms with van der Waals surface area (Å²) in [6.07, 6.45) is 1.40. The number of nitrogens with zero attached hydrogens (tertiary/aromatic N) is 3. The van der Waals surface area contributed by atoms with Gasteiger partial charge in [-0.2, -0.15) is 17.0 Å². The number of pyridine rings is 1. The van der Waals surface area contributed by atoms with Crippen LogP contribution in [0.4, 0.5) is 4.39 Å². The maximum absolute atomic E-state index is 13.3. The van der Waals surface area contributed by atoms with Crippen molar-refractivity contribution >= 4 is 10.2 Å². The van der Waals surface area contributed by atoms with Crippen LogP contribution in [0.1, 0.15) is 24.5 Å². The minimum Gasteiger partial charge on any atom is -0.439 e. The fourth-order valence-corrected chi connectivity index (χ4v) is 4.11. The van der Waals surface area contributed by atoms with E-state index in [2.05, 4.69) is 4.98 Å². The summed E-state index contributed by atoms with van der Waals surface area (Å²) in [5.41, 5.74) is 0.862.